The second-order valence-corrected chi connectivity index (χ2v) is 21.4. The second-order valence-electron chi connectivity index (χ2n) is 21.4. The zero-order valence-corrected chi connectivity index (χ0v) is 48.6. The van der Waals surface area contributed by atoms with Crippen molar-refractivity contribution in [2.45, 2.75) is 328 Å². The number of amides is 1. The number of hydrogen-bond donors (Lipinski definition) is 3. The van der Waals surface area contributed by atoms with E-state index in [0.717, 1.165) is 70.6 Å². The topological polar surface area (TPSA) is 69.6 Å². The average Bonchev–Trinajstić information content (AvgIpc) is 3.40. The van der Waals surface area contributed by atoms with Gasteiger partial charge in [-0.1, -0.05) is 323 Å². The summed E-state index contributed by atoms with van der Waals surface area (Å²) in [5, 5.41) is 23.2. The summed E-state index contributed by atoms with van der Waals surface area (Å²) in [6.45, 7) is 4.21. The average molecular weight is 1010 g/mol. The third-order valence-corrected chi connectivity index (χ3v) is 14.3. The quantitative estimate of drug-likeness (QED) is 0.0420. The molecule has 0 spiro atoms. The van der Waals surface area contributed by atoms with E-state index in [0.29, 0.717) is 6.42 Å². The van der Waals surface area contributed by atoms with Gasteiger partial charge in [-0.25, -0.2) is 0 Å². The van der Waals surface area contributed by atoms with E-state index in [9.17, 15) is 15.0 Å². The first-order chi connectivity index (χ1) is 36.2. The van der Waals surface area contributed by atoms with E-state index in [1.165, 1.54) is 225 Å². The Kier molecular flexibility index (Phi) is 61.3. The van der Waals surface area contributed by atoms with Gasteiger partial charge in [-0.3, -0.25) is 4.79 Å². The maximum atomic E-state index is 12.5. The highest BCUT2D eigenvalue weighted by molar-refractivity contribution is 5.76. The molecule has 3 N–H and O–H groups in total. The molecule has 0 aliphatic carbocycles. The standard InChI is InChI=1S/C69H123NO3/c1-3-5-7-9-11-13-15-17-19-21-23-25-27-29-30-31-32-33-34-35-36-37-38-39-40-41-43-45-47-49-51-53-55-57-59-61-63-65-69(73)70-67(66-71)68(72)64-62-60-58-56-54-52-50-48-46-44-42-28-26-24-22-20-18-16-14-12-10-8-6-4-2/h5,7,11,13,17,19,23,25,29-30,32-33,54,56,62,64,67-68,71-72H,3-4,6,8-10,12,14-16,18,20-22,24,26-28,31,34-53,55,57-61,63,65-66H2,1-2H3,(H,70,73)/b7-5-,13-11-,19-17-,25-23-,30-29-,33-32-,56-54+,64-62+. The van der Waals surface area contributed by atoms with Crippen LogP contribution in [-0.2, 0) is 4.79 Å². The van der Waals surface area contributed by atoms with Crippen LogP contribution in [0.15, 0.2) is 97.2 Å². The molecule has 1 amide bonds. The molecule has 4 heteroatoms. The number of allylic oxidation sites excluding steroid dienone is 15. The summed E-state index contributed by atoms with van der Waals surface area (Å²) < 4.78 is 0. The lowest BCUT2D eigenvalue weighted by atomic mass is 10.0. The van der Waals surface area contributed by atoms with Gasteiger partial charge in [0.25, 0.3) is 0 Å². The Hall–Kier alpha value is -2.69. The molecule has 73 heavy (non-hydrogen) atoms. The van der Waals surface area contributed by atoms with E-state index in [1.54, 1.807) is 6.08 Å². The normalized spacial score (nSPS) is 13.4. The summed E-state index contributed by atoms with van der Waals surface area (Å²) >= 11 is 0. The van der Waals surface area contributed by atoms with Gasteiger partial charge < -0.3 is 15.5 Å². The molecule has 4 nitrogen and oxygen atoms in total. The minimum Gasteiger partial charge on any atom is -0.394 e. The third kappa shape index (κ3) is 60.1. The van der Waals surface area contributed by atoms with Crippen LogP contribution in [0.2, 0.25) is 0 Å². The zero-order chi connectivity index (χ0) is 52.7. The number of unbranched alkanes of at least 4 members (excludes halogenated alkanes) is 37. The first-order valence-electron chi connectivity index (χ1n) is 32.0. The molecule has 0 bridgehead atoms. The summed E-state index contributed by atoms with van der Waals surface area (Å²) in [5.41, 5.74) is 0. The van der Waals surface area contributed by atoms with Gasteiger partial charge in [0, 0.05) is 6.42 Å². The smallest absolute Gasteiger partial charge is 0.220 e. The number of hydrogen-bond acceptors (Lipinski definition) is 3. The maximum absolute atomic E-state index is 12.5. The lowest BCUT2D eigenvalue weighted by Crippen LogP contribution is -2.45. The van der Waals surface area contributed by atoms with Gasteiger partial charge in [-0.05, 0) is 83.5 Å². The predicted octanol–water partition coefficient (Wildman–Crippen LogP) is 21.6. The van der Waals surface area contributed by atoms with Crippen molar-refractivity contribution in [1.82, 2.24) is 5.32 Å². The molecule has 0 rings (SSSR count). The highest BCUT2D eigenvalue weighted by atomic mass is 16.3. The van der Waals surface area contributed by atoms with Crippen molar-refractivity contribution in [2.24, 2.45) is 0 Å². The highest BCUT2D eigenvalue weighted by Crippen LogP contribution is 2.17. The van der Waals surface area contributed by atoms with E-state index in [1.807, 2.05) is 6.08 Å². The number of aliphatic hydroxyl groups excluding tert-OH is 2. The maximum Gasteiger partial charge on any atom is 0.220 e. The van der Waals surface area contributed by atoms with E-state index in [-0.39, 0.29) is 12.5 Å². The molecule has 0 saturated carbocycles. The van der Waals surface area contributed by atoms with Gasteiger partial charge in [0.15, 0.2) is 0 Å². The van der Waals surface area contributed by atoms with Gasteiger partial charge >= 0.3 is 0 Å². The molecule has 2 unspecified atom stereocenters. The van der Waals surface area contributed by atoms with Crippen LogP contribution in [0.4, 0.5) is 0 Å². The van der Waals surface area contributed by atoms with Crippen molar-refractivity contribution in [3.05, 3.63) is 97.2 Å². The van der Waals surface area contributed by atoms with Crippen LogP contribution < -0.4 is 5.32 Å². The Labute approximate surface area is 455 Å². The van der Waals surface area contributed by atoms with Crippen LogP contribution >= 0.6 is 0 Å². The molecule has 0 aliphatic heterocycles. The van der Waals surface area contributed by atoms with Crippen LogP contribution in [-0.4, -0.2) is 34.9 Å². The fourth-order valence-electron chi connectivity index (χ4n) is 9.50. The van der Waals surface area contributed by atoms with Crippen molar-refractivity contribution in [2.75, 3.05) is 6.61 Å². The summed E-state index contributed by atoms with van der Waals surface area (Å²) in [6, 6.07) is -0.644. The number of rotatable bonds is 58. The molecule has 0 saturated heterocycles. The monoisotopic (exact) mass is 1010 g/mol. The lowest BCUT2D eigenvalue weighted by molar-refractivity contribution is -0.123. The second kappa shape index (κ2) is 63.6. The van der Waals surface area contributed by atoms with Gasteiger partial charge in [0.2, 0.25) is 5.91 Å². The largest absolute Gasteiger partial charge is 0.394 e. The van der Waals surface area contributed by atoms with Gasteiger partial charge in [-0.15, -0.1) is 0 Å². The van der Waals surface area contributed by atoms with Crippen molar-refractivity contribution < 1.29 is 15.0 Å². The Morgan fingerprint density at radius 3 is 0.959 bits per heavy atom. The molecule has 0 aromatic heterocycles. The van der Waals surface area contributed by atoms with E-state index in [2.05, 4.69) is 104 Å². The minimum absolute atomic E-state index is 0.0718. The fraction of sp³-hybridized carbons (Fsp3) is 0.754. The summed E-state index contributed by atoms with van der Waals surface area (Å²) in [5.74, 6) is -0.0718. The van der Waals surface area contributed by atoms with Crippen molar-refractivity contribution in [3.63, 3.8) is 0 Å². The Bertz CT molecular complexity index is 1330. The minimum atomic E-state index is -0.867. The van der Waals surface area contributed by atoms with Crippen molar-refractivity contribution in [3.8, 4) is 0 Å². The molecule has 2 atom stereocenters. The van der Waals surface area contributed by atoms with Crippen molar-refractivity contribution in [1.29, 1.82) is 0 Å². The van der Waals surface area contributed by atoms with Crippen LogP contribution in [0.25, 0.3) is 0 Å². The van der Waals surface area contributed by atoms with Crippen molar-refractivity contribution >= 4 is 5.91 Å². The number of carbonyl (C=O) groups excluding carboxylic acids is 1. The molecule has 0 aliphatic rings. The third-order valence-electron chi connectivity index (χ3n) is 14.3. The van der Waals surface area contributed by atoms with Gasteiger partial charge in [0.05, 0.1) is 18.8 Å². The summed E-state index contributed by atoms with van der Waals surface area (Å²) in [6.07, 6.45) is 94.6. The number of carbonyl (C=O) groups is 1. The molecular formula is C69H123NO3. The van der Waals surface area contributed by atoms with Crippen LogP contribution in [0.3, 0.4) is 0 Å². The zero-order valence-electron chi connectivity index (χ0n) is 48.6. The number of nitrogens with one attached hydrogen (secondary N) is 1. The molecule has 0 radical (unpaired) electrons. The Balaban J connectivity index is 3.51. The first-order valence-corrected chi connectivity index (χ1v) is 32.0. The van der Waals surface area contributed by atoms with E-state index >= 15 is 0 Å². The Morgan fingerprint density at radius 1 is 0.342 bits per heavy atom. The highest BCUT2D eigenvalue weighted by Gasteiger charge is 2.18. The van der Waals surface area contributed by atoms with Crippen LogP contribution in [0.5, 0.6) is 0 Å². The molecule has 0 aromatic rings. The molecule has 422 valence electrons. The summed E-state index contributed by atoms with van der Waals surface area (Å²) in [4.78, 5) is 12.5. The number of aliphatic hydroxyl groups is 2. The summed E-state index contributed by atoms with van der Waals surface area (Å²) in [7, 11) is 0. The van der Waals surface area contributed by atoms with Crippen LogP contribution in [0, 0.1) is 0 Å². The molecule has 0 heterocycles. The van der Waals surface area contributed by atoms with Gasteiger partial charge in [0.1, 0.15) is 0 Å². The molecular weight excluding hydrogens is 891 g/mol. The van der Waals surface area contributed by atoms with Crippen LogP contribution in [0.1, 0.15) is 316 Å². The Morgan fingerprint density at radius 2 is 0.616 bits per heavy atom. The first kappa shape index (κ1) is 70.3. The predicted molar refractivity (Wildman–Crippen MR) is 326 cm³/mol. The molecule has 0 fully saturated rings. The SMILES string of the molecule is CC/C=C\C/C=C\C/C=C\C/C=C\C/C=C\C/C=C\CCCCCCCCCCCCCCCCCCCCC(=O)NC(CO)C(O)/C=C/CC/C=C/CCCCCCCCCCCCCCCCCCCC. The molecule has 0 aromatic carbocycles. The van der Waals surface area contributed by atoms with Gasteiger partial charge in [-0.2, -0.15) is 0 Å². The fourth-order valence-corrected chi connectivity index (χ4v) is 9.50. The van der Waals surface area contributed by atoms with E-state index < -0.39 is 12.1 Å². The van der Waals surface area contributed by atoms with E-state index in [4.69, 9.17) is 0 Å². The lowest BCUT2D eigenvalue weighted by Gasteiger charge is -2.19.